The zero-order chi connectivity index (χ0) is 26.0. The third-order valence-corrected chi connectivity index (χ3v) is 6.59. The van der Waals surface area contributed by atoms with Gasteiger partial charge < -0.3 is 24.3 Å². The number of halogens is 1. The molecule has 0 spiro atoms. The lowest BCUT2D eigenvalue weighted by Gasteiger charge is -2.33. The number of hydrogen-bond donors (Lipinski definition) is 2. The Hall–Kier alpha value is -3.81. The van der Waals surface area contributed by atoms with Crippen LogP contribution < -0.4 is 14.9 Å². The van der Waals surface area contributed by atoms with Gasteiger partial charge in [0.1, 0.15) is 23.7 Å². The highest BCUT2D eigenvalue weighted by molar-refractivity contribution is 6.32. The first-order chi connectivity index (χ1) is 17.2. The topological polar surface area (TPSA) is 98.0 Å². The van der Waals surface area contributed by atoms with E-state index < -0.39 is 23.0 Å². The van der Waals surface area contributed by atoms with Crippen LogP contribution in [0, 0.1) is 5.41 Å². The lowest BCUT2D eigenvalue weighted by molar-refractivity contribution is 0.0693. The molecule has 7 nitrogen and oxygen atoms in total. The number of aliphatic hydroxyl groups excluding tert-OH is 1. The molecule has 2 heterocycles. The Balaban J connectivity index is 1.82. The van der Waals surface area contributed by atoms with Gasteiger partial charge in [-0.2, -0.15) is 0 Å². The summed E-state index contributed by atoms with van der Waals surface area (Å²) in [5.74, 6) is -0.564. The highest BCUT2D eigenvalue weighted by atomic mass is 35.5. The molecule has 3 aromatic rings. The second-order valence-electron chi connectivity index (χ2n) is 8.69. The van der Waals surface area contributed by atoms with Gasteiger partial charge in [-0.15, -0.1) is 0 Å². The Morgan fingerprint density at radius 1 is 1.28 bits per heavy atom. The van der Waals surface area contributed by atoms with Crippen molar-refractivity contribution < 1.29 is 24.5 Å². The zero-order valence-corrected chi connectivity index (χ0v) is 20.7. The van der Waals surface area contributed by atoms with Gasteiger partial charge >= 0.3 is 5.97 Å². The number of nitrogens with zero attached hydrogens (tertiary/aromatic N) is 1. The molecule has 0 saturated heterocycles. The molecule has 0 bridgehead atoms. The molecule has 0 radical (unpaired) electrons. The molecule has 2 atom stereocenters. The fourth-order valence-corrected chi connectivity index (χ4v) is 4.38. The van der Waals surface area contributed by atoms with Gasteiger partial charge in [0.2, 0.25) is 6.23 Å². The molecule has 8 heteroatoms. The van der Waals surface area contributed by atoms with E-state index in [-0.39, 0.29) is 23.8 Å². The number of aromatic nitrogens is 1. The number of aliphatic hydroxyl groups is 1. The van der Waals surface area contributed by atoms with Crippen molar-refractivity contribution in [2.24, 2.45) is 5.41 Å². The van der Waals surface area contributed by atoms with E-state index in [0.717, 1.165) is 11.1 Å². The van der Waals surface area contributed by atoms with Gasteiger partial charge in [0.25, 0.3) is 0 Å². The lowest BCUT2D eigenvalue weighted by Crippen LogP contribution is -2.31. The standard InChI is InChI=1S/C28H26ClNO6/c1-4-10-28(15-31,17(2)3)16-35-25-13-24-19(11-21(25)29)22-12-23(32)20(27(33)34)14-30(22)26(36-24)18-8-6-5-7-9-18/h4-14,26,31H,2,15-16H2,1,3H3,(H,33,34)/b10-4+. The summed E-state index contributed by atoms with van der Waals surface area (Å²) in [5, 5.41) is 19.8. The third kappa shape index (κ3) is 4.55. The van der Waals surface area contributed by atoms with Crippen LogP contribution in [0.2, 0.25) is 5.02 Å². The van der Waals surface area contributed by atoms with Gasteiger partial charge in [-0.05, 0) is 19.9 Å². The predicted molar refractivity (Wildman–Crippen MR) is 138 cm³/mol. The van der Waals surface area contributed by atoms with Crippen LogP contribution in [0.25, 0.3) is 11.3 Å². The molecule has 36 heavy (non-hydrogen) atoms. The molecule has 4 rings (SSSR count). The maximum Gasteiger partial charge on any atom is 0.341 e. The summed E-state index contributed by atoms with van der Waals surface area (Å²) in [6.45, 7) is 7.58. The number of hydrogen-bond acceptors (Lipinski definition) is 5. The highest BCUT2D eigenvalue weighted by Crippen LogP contribution is 2.45. The second-order valence-corrected chi connectivity index (χ2v) is 9.10. The first kappa shape index (κ1) is 25.3. The van der Waals surface area contributed by atoms with Crippen LogP contribution in [0.15, 0.2) is 83.8 Å². The average Bonchev–Trinajstić information content (AvgIpc) is 2.86. The van der Waals surface area contributed by atoms with E-state index in [1.807, 2.05) is 56.3 Å². The fourth-order valence-electron chi connectivity index (χ4n) is 4.16. The number of carbonyl (C=O) groups is 1. The second kappa shape index (κ2) is 10.0. The highest BCUT2D eigenvalue weighted by Gasteiger charge is 2.31. The molecule has 2 unspecified atom stereocenters. The third-order valence-electron chi connectivity index (χ3n) is 6.30. The Morgan fingerprint density at radius 3 is 2.61 bits per heavy atom. The molecular formula is C28H26ClNO6. The molecule has 186 valence electrons. The van der Waals surface area contributed by atoms with E-state index in [1.54, 1.807) is 16.7 Å². The van der Waals surface area contributed by atoms with Crippen molar-refractivity contribution in [3.63, 3.8) is 0 Å². The van der Waals surface area contributed by atoms with E-state index in [0.29, 0.717) is 22.8 Å². The number of allylic oxidation sites excluding steroid dienone is 1. The minimum Gasteiger partial charge on any atom is -0.491 e. The Morgan fingerprint density at radius 2 is 2.00 bits per heavy atom. The summed E-state index contributed by atoms with van der Waals surface area (Å²) in [4.78, 5) is 24.2. The first-order valence-corrected chi connectivity index (χ1v) is 11.7. The minimum atomic E-state index is -1.32. The van der Waals surface area contributed by atoms with Crippen molar-refractivity contribution in [1.82, 2.24) is 4.57 Å². The Bertz CT molecular complexity index is 1410. The zero-order valence-electron chi connectivity index (χ0n) is 19.9. The summed E-state index contributed by atoms with van der Waals surface area (Å²) >= 11 is 6.57. The van der Waals surface area contributed by atoms with Crippen LogP contribution in [0.3, 0.4) is 0 Å². The van der Waals surface area contributed by atoms with E-state index in [4.69, 9.17) is 21.1 Å². The van der Waals surface area contributed by atoms with Crippen molar-refractivity contribution >= 4 is 17.6 Å². The number of carboxylic acids is 1. The predicted octanol–water partition coefficient (Wildman–Crippen LogP) is 5.32. The number of fused-ring (bicyclic) bond motifs is 3. The molecule has 1 aromatic heterocycles. The van der Waals surface area contributed by atoms with Gasteiger partial charge in [0.05, 0.1) is 22.7 Å². The maximum atomic E-state index is 12.6. The monoisotopic (exact) mass is 507 g/mol. The van der Waals surface area contributed by atoms with Crippen LogP contribution in [0.5, 0.6) is 11.5 Å². The average molecular weight is 508 g/mol. The Labute approximate surface area is 213 Å². The van der Waals surface area contributed by atoms with Gasteiger partial charge in [0.15, 0.2) is 5.43 Å². The largest absolute Gasteiger partial charge is 0.491 e. The van der Waals surface area contributed by atoms with Crippen molar-refractivity contribution in [3.8, 4) is 22.8 Å². The molecule has 0 saturated carbocycles. The maximum absolute atomic E-state index is 12.6. The van der Waals surface area contributed by atoms with Crippen LogP contribution in [-0.4, -0.2) is 34.0 Å². The van der Waals surface area contributed by atoms with Crippen molar-refractivity contribution in [3.05, 3.63) is 105 Å². The molecule has 1 aliphatic heterocycles. The molecule has 0 fully saturated rings. The summed E-state index contributed by atoms with van der Waals surface area (Å²) in [6.07, 6.45) is 4.23. The Kier molecular flexibility index (Phi) is 7.06. The van der Waals surface area contributed by atoms with Crippen LogP contribution in [-0.2, 0) is 0 Å². The molecule has 1 aliphatic rings. The molecule has 0 amide bonds. The van der Waals surface area contributed by atoms with E-state index >= 15 is 0 Å². The number of pyridine rings is 1. The van der Waals surface area contributed by atoms with Crippen molar-refractivity contribution in [2.45, 2.75) is 20.1 Å². The van der Waals surface area contributed by atoms with Gasteiger partial charge in [0, 0.05) is 29.5 Å². The number of rotatable bonds is 8. The summed E-state index contributed by atoms with van der Waals surface area (Å²) in [7, 11) is 0. The van der Waals surface area contributed by atoms with Crippen molar-refractivity contribution in [1.29, 1.82) is 0 Å². The van der Waals surface area contributed by atoms with E-state index in [9.17, 15) is 19.8 Å². The van der Waals surface area contributed by atoms with Gasteiger partial charge in [-0.1, -0.05) is 66.2 Å². The summed E-state index contributed by atoms with van der Waals surface area (Å²) < 4.78 is 14.0. The number of ether oxygens (including phenoxy) is 2. The van der Waals surface area contributed by atoms with Crippen LogP contribution >= 0.6 is 11.6 Å². The van der Waals surface area contributed by atoms with Crippen molar-refractivity contribution in [2.75, 3.05) is 13.2 Å². The molecular weight excluding hydrogens is 482 g/mol. The number of carboxylic acid groups (broad SMARTS) is 1. The lowest BCUT2D eigenvalue weighted by atomic mass is 9.83. The smallest absolute Gasteiger partial charge is 0.341 e. The quantitative estimate of drug-likeness (QED) is 0.401. The summed E-state index contributed by atoms with van der Waals surface area (Å²) in [6, 6.07) is 13.8. The SMILES string of the molecule is C=C(C)C(/C=C/C)(CO)COc1cc2c(cc1Cl)-c1cc(=O)c(C(=O)O)cn1C(c1ccccc1)O2. The van der Waals surface area contributed by atoms with Crippen LogP contribution in [0.1, 0.15) is 36.0 Å². The number of aromatic carboxylic acids is 1. The first-order valence-electron chi connectivity index (χ1n) is 11.3. The molecule has 2 aromatic carbocycles. The van der Waals surface area contributed by atoms with Gasteiger partial charge in [-0.25, -0.2) is 4.79 Å². The minimum absolute atomic E-state index is 0.0990. The molecule has 2 N–H and O–H groups in total. The normalized spacial score (nSPS) is 15.9. The fraction of sp³-hybridized carbons (Fsp3) is 0.214. The molecule has 0 aliphatic carbocycles. The van der Waals surface area contributed by atoms with Gasteiger partial charge in [-0.3, -0.25) is 4.79 Å². The number of benzene rings is 2. The van der Waals surface area contributed by atoms with E-state index in [2.05, 4.69) is 6.58 Å². The summed E-state index contributed by atoms with van der Waals surface area (Å²) in [5.41, 5.74) is 0.725. The van der Waals surface area contributed by atoms with Crippen LogP contribution in [0.4, 0.5) is 0 Å². The van der Waals surface area contributed by atoms with E-state index in [1.165, 1.54) is 12.3 Å².